The number of thioether (sulfide) groups is 1. The molecule has 3 aromatic rings. The molecule has 2 aromatic heterocycles. The lowest BCUT2D eigenvalue weighted by molar-refractivity contribution is -0.127. The first kappa shape index (κ1) is 17.7. The molecule has 0 radical (unpaired) electrons. The van der Waals surface area contributed by atoms with E-state index in [1.165, 1.54) is 33.2 Å². The Hall–Kier alpha value is -2.12. The monoisotopic (exact) mass is 373 g/mol. The highest BCUT2D eigenvalue weighted by Gasteiger charge is 2.14. The van der Waals surface area contributed by atoms with Gasteiger partial charge in [-0.05, 0) is 23.9 Å². The van der Waals surface area contributed by atoms with Crippen LogP contribution in [0.5, 0.6) is 0 Å². The van der Waals surface area contributed by atoms with E-state index in [4.69, 9.17) is 0 Å². The fourth-order valence-electron chi connectivity index (χ4n) is 2.40. The first-order valence-corrected chi connectivity index (χ1v) is 9.69. The quantitative estimate of drug-likeness (QED) is 0.509. The molecule has 0 N–H and O–H groups in total. The summed E-state index contributed by atoms with van der Waals surface area (Å²) in [6.07, 6.45) is 0. The molecule has 0 fully saturated rings. The van der Waals surface area contributed by atoms with Crippen molar-refractivity contribution < 1.29 is 4.79 Å². The Bertz CT molecular complexity index is 961. The van der Waals surface area contributed by atoms with E-state index in [0.717, 1.165) is 5.56 Å². The minimum Gasteiger partial charge on any atom is -0.341 e. The summed E-state index contributed by atoms with van der Waals surface area (Å²) in [6.45, 7) is 2.60. The predicted octanol–water partition coefficient (Wildman–Crippen LogP) is 3.05. The molecule has 130 valence electrons. The molecule has 2 heterocycles. The second kappa shape index (κ2) is 7.41. The smallest absolute Gasteiger partial charge is 0.262 e. The van der Waals surface area contributed by atoms with E-state index in [2.05, 4.69) is 4.98 Å². The van der Waals surface area contributed by atoms with Gasteiger partial charge >= 0.3 is 0 Å². The molecule has 0 saturated carbocycles. The van der Waals surface area contributed by atoms with Gasteiger partial charge in [0, 0.05) is 20.6 Å². The highest BCUT2D eigenvalue weighted by molar-refractivity contribution is 7.99. The van der Waals surface area contributed by atoms with Gasteiger partial charge in [0.25, 0.3) is 5.56 Å². The molecule has 0 spiro atoms. The predicted molar refractivity (Wildman–Crippen MR) is 103 cm³/mol. The van der Waals surface area contributed by atoms with Gasteiger partial charge in [-0.15, -0.1) is 11.3 Å². The summed E-state index contributed by atoms with van der Waals surface area (Å²) in [5.74, 6) is 0.255. The van der Waals surface area contributed by atoms with E-state index in [1.807, 2.05) is 36.6 Å². The number of fused-ring (bicyclic) bond motifs is 1. The summed E-state index contributed by atoms with van der Waals surface area (Å²) in [5.41, 5.74) is 2.22. The van der Waals surface area contributed by atoms with Gasteiger partial charge in [0.2, 0.25) is 5.91 Å². The zero-order valence-electron chi connectivity index (χ0n) is 14.4. The minimum absolute atomic E-state index is 0.00565. The lowest BCUT2D eigenvalue weighted by atomic mass is 10.1. The lowest BCUT2D eigenvalue weighted by Gasteiger charge is -2.17. The molecule has 1 amide bonds. The Morgan fingerprint density at radius 1 is 1.28 bits per heavy atom. The normalized spacial score (nSPS) is 11.0. The molecule has 0 aliphatic rings. The van der Waals surface area contributed by atoms with Crippen molar-refractivity contribution in [2.75, 3.05) is 12.8 Å². The van der Waals surface area contributed by atoms with Crippen molar-refractivity contribution >= 4 is 39.2 Å². The minimum atomic E-state index is -0.0748. The molecular weight excluding hydrogens is 354 g/mol. The van der Waals surface area contributed by atoms with E-state index >= 15 is 0 Å². The maximum atomic E-state index is 12.4. The molecule has 7 heteroatoms. The van der Waals surface area contributed by atoms with Crippen molar-refractivity contribution in [3.8, 4) is 0 Å². The maximum Gasteiger partial charge on any atom is 0.262 e. The molecule has 0 bridgehead atoms. The van der Waals surface area contributed by atoms with Crippen molar-refractivity contribution in [1.29, 1.82) is 0 Å². The van der Waals surface area contributed by atoms with Crippen LogP contribution in [0.25, 0.3) is 10.2 Å². The third-order valence-electron chi connectivity index (χ3n) is 3.95. The highest BCUT2D eigenvalue weighted by atomic mass is 32.2. The molecule has 0 aliphatic heterocycles. The summed E-state index contributed by atoms with van der Waals surface area (Å²) in [4.78, 5) is 31.6. The molecule has 3 rings (SSSR count). The average Bonchev–Trinajstić information content (AvgIpc) is 3.07. The van der Waals surface area contributed by atoms with Crippen LogP contribution < -0.4 is 5.56 Å². The zero-order chi connectivity index (χ0) is 18.0. The number of thiophene rings is 1. The zero-order valence-corrected chi connectivity index (χ0v) is 16.0. The maximum absolute atomic E-state index is 12.4. The number of nitrogens with zero attached hydrogens (tertiary/aromatic N) is 3. The molecule has 5 nitrogen and oxygen atoms in total. The number of aromatic nitrogens is 2. The van der Waals surface area contributed by atoms with Crippen LogP contribution in [0.1, 0.15) is 11.1 Å². The molecule has 1 aromatic carbocycles. The second-order valence-electron chi connectivity index (χ2n) is 5.92. The number of carbonyl (C=O) groups is 1. The Labute approximate surface area is 154 Å². The van der Waals surface area contributed by atoms with Crippen molar-refractivity contribution in [2.45, 2.75) is 18.6 Å². The van der Waals surface area contributed by atoms with E-state index in [0.29, 0.717) is 21.9 Å². The summed E-state index contributed by atoms with van der Waals surface area (Å²) in [7, 11) is 3.48. The third-order valence-corrected chi connectivity index (χ3v) is 5.78. The number of carbonyl (C=O) groups excluding carboxylic acids is 1. The molecular formula is C18H19N3O2S2. The highest BCUT2D eigenvalue weighted by Crippen LogP contribution is 2.20. The second-order valence-corrected chi connectivity index (χ2v) is 7.76. The summed E-state index contributed by atoms with van der Waals surface area (Å²) in [5, 5.41) is 3.05. The third kappa shape index (κ3) is 3.93. The Morgan fingerprint density at radius 3 is 2.72 bits per heavy atom. The van der Waals surface area contributed by atoms with Crippen molar-refractivity contribution in [3.63, 3.8) is 0 Å². The molecule has 0 atom stereocenters. The van der Waals surface area contributed by atoms with Gasteiger partial charge in [-0.1, -0.05) is 41.6 Å². The van der Waals surface area contributed by atoms with Crippen LogP contribution in [0.15, 0.2) is 45.7 Å². The molecule has 0 aliphatic carbocycles. The summed E-state index contributed by atoms with van der Waals surface area (Å²) in [6, 6.07) is 9.92. The van der Waals surface area contributed by atoms with E-state index in [1.54, 1.807) is 25.1 Å². The van der Waals surface area contributed by atoms with Gasteiger partial charge in [-0.3, -0.25) is 14.2 Å². The van der Waals surface area contributed by atoms with Gasteiger partial charge < -0.3 is 4.90 Å². The van der Waals surface area contributed by atoms with Crippen molar-refractivity contribution in [3.05, 3.63) is 57.2 Å². The largest absolute Gasteiger partial charge is 0.341 e. The Morgan fingerprint density at radius 2 is 2.00 bits per heavy atom. The molecule has 0 saturated heterocycles. The Balaban J connectivity index is 1.66. The van der Waals surface area contributed by atoms with E-state index in [9.17, 15) is 9.59 Å². The SMILES string of the molecule is Cc1ccc(CN(C)C(=O)CSc2nc3sccc3c(=O)n2C)cc1. The van der Waals surface area contributed by atoms with Crippen LogP contribution >= 0.6 is 23.1 Å². The summed E-state index contributed by atoms with van der Waals surface area (Å²) < 4.78 is 1.51. The lowest BCUT2D eigenvalue weighted by Crippen LogP contribution is -2.28. The first-order valence-electron chi connectivity index (χ1n) is 7.82. The van der Waals surface area contributed by atoms with Gasteiger partial charge in [-0.2, -0.15) is 0 Å². The van der Waals surface area contributed by atoms with Gasteiger partial charge in [0.1, 0.15) is 4.83 Å². The number of rotatable bonds is 5. The summed E-state index contributed by atoms with van der Waals surface area (Å²) >= 11 is 2.73. The number of benzene rings is 1. The number of amides is 1. The van der Waals surface area contributed by atoms with Crippen LogP contribution in [0, 0.1) is 6.92 Å². The fourth-order valence-corrected chi connectivity index (χ4v) is 4.12. The van der Waals surface area contributed by atoms with Crippen molar-refractivity contribution in [2.24, 2.45) is 7.05 Å². The Kier molecular flexibility index (Phi) is 5.24. The topological polar surface area (TPSA) is 55.2 Å². The van der Waals surface area contributed by atoms with Crippen LogP contribution in [0.2, 0.25) is 0 Å². The molecule has 0 unspecified atom stereocenters. The standard InChI is InChI=1S/C18H19N3O2S2/c1-12-4-6-13(7-5-12)10-20(2)15(22)11-25-18-19-16-14(8-9-24-16)17(23)21(18)3/h4-9H,10-11H2,1-3H3. The van der Waals surface area contributed by atoms with Gasteiger partial charge in [0.15, 0.2) is 5.16 Å². The molecule has 25 heavy (non-hydrogen) atoms. The van der Waals surface area contributed by atoms with Crippen LogP contribution in [-0.2, 0) is 18.4 Å². The van der Waals surface area contributed by atoms with Gasteiger partial charge in [-0.25, -0.2) is 4.98 Å². The number of hydrogen-bond donors (Lipinski definition) is 0. The number of hydrogen-bond acceptors (Lipinski definition) is 5. The van der Waals surface area contributed by atoms with Gasteiger partial charge in [0.05, 0.1) is 11.1 Å². The number of aryl methyl sites for hydroxylation is 1. The van der Waals surface area contributed by atoms with E-state index < -0.39 is 0 Å². The van der Waals surface area contributed by atoms with Crippen LogP contribution in [-0.4, -0.2) is 33.2 Å². The van der Waals surface area contributed by atoms with Crippen LogP contribution in [0.4, 0.5) is 0 Å². The van der Waals surface area contributed by atoms with Crippen molar-refractivity contribution in [1.82, 2.24) is 14.5 Å². The van der Waals surface area contributed by atoms with Crippen LogP contribution in [0.3, 0.4) is 0 Å². The average molecular weight is 374 g/mol. The first-order chi connectivity index (χ1) is 12.0. The fraction of sp³-hybridized carbons (Fsp3) is 0.278. The van der Waals surface area contributed by atoms with E-state index in [-0.39, 0.29) is 17.2 Å².